The van der Waals surface area contributed by atoms with Gasteiger partial charge in [-0.1, -0.05) is 18.2 Å². The third-order valence-electron chi connectivity index (χ3n) is 3.94. The van der Waals surface area contributed by atoms with E-state index in [0.29, 0.717) is 13.0 Å². The van der Waals surface area contributed by atoms with E-state index in [0.717, 1.165) is 12.6 Å². The van der Waals surface area contributed by atoms with Gasteiger partial charge in [0.1, 0.15) is 6.10 Å². The second-order valence-electron chi connectivity index (χ2n) is 5.27. The highest BCUT2D eigenvalue weighted by molar-refractivity contribution is 5.71. The predicted octanol–water partition coefficient (Wildman–Crippen LogP) is 2.39. The number of nitrogens with zero attached hydrogens (tertiary/aromatic N) is 1. The second kappa shape index (κ2) is 5.22. The summed E-state index contributed by atoms with van der Waals surface area (Å²) < 4.78 is 44.3. The van der Waals surface area contributed by atoms with Crippen LogP contribution >= 0.6 is 0 Å². The van der Waals surface area contributed by atoms with Crippen LogP contribution in [0, 0.1) is 0 Å². The van der Waals surface area contributed by atoms with Crippen molar-refractivity contribution < 1.29 is 22.7 Å². The zero-order valence-corrected chi connectivity index (χ0v) is 11.2. The Labute approximate surface area is 119 Å². The molecule has 0 saturated carbocycles. The van der Waals surface area contributed by atoms with Crippen molar-refractivity contribution in [3.63, 3.8) is 0 Å². The summed E-state index contributed by atoms with van der Waals surface area (Å²) in [4.78, 5) is 13.3. The molecule has 2 heterocycles. The normalized spacial score (nSPS) is 25.7. The number of nitrogens with one attached hydrogen (secondary N) is 1. The summed E-state index contributed by atoms with van der Waals surface area (Å²) in [6.07, 6.45) is -4.50. The number of hydrogen-bond acceptors (Lipinski definition) is 3. The molecule has 4 nitrogen and oxygen atoms in total. The maximum absolute atomic E-state index is 13.0. The van der Waals surface area contributed by atoms with Gasteiger partial charge in [0.05, 0.1) is 18.2 Å². The van der Waals surface area contributed by atoms with Crippen LogP contribution in [-0.4, -0.2) is 36.2 Å². The van der Waals surface area contributed by atoms with Crippen LogP contribution in [0.4, 0.5) is 18.0 Å². The fourth-order valence-electron chi connectivity index (χ4n) is 2.90. The smallest absolute Gasteiger partial charge is 0.416 e. The Bertz CT molecular complexity index is 547. The molecule has 1 N–H and O–H groups in total. The summed E-state index contributed by atoms with van der Waals surface area (Å²) in [6.45, 7) is 1.21. The van der Waals surface area contributed by atoms with E-state index >= 15 is 0 Å². The molecule has 1 aromatic carbocycles. The Hall–Kier alpha value is -1.76. The molecule has 2 atom stereocenters. The number of hydrogen-bond donors (Lipinski definition) is 1. The van der Waals surface area contributed by atoms with Crippen LogP contribution in [0.5, 0.6) is 0 Å². The van der Waals surface area contributed by atoms with Gasteiger partial charge in [-0.2, -0.15) is 13.2 Å². The van der Waals surface area contributed by atoms with Gasteiger partial charge >= 0.3 is 12.3 Å². The molecule has 7 heteroatoms. The lowest BCUT2D eigenvalue weighted by molar-refractivity contribution is -0.138. The molecule has 2 aliphatic rings. The van der Waals surface area contributed by atoms with E-state index in [2.05, 4.69) is 5.32 Å². The van der Waals surface area contributed by atoms with E-state index in [1.807, 2.05) is 0 Å². The first kappa shape index (κ1) is 14.2. The Morgan fingerprint density at radius 3 is 2.86 bits per heavy atom. The number of carbonyl (C=O) groups is 1. The predicted molar refractivity (Wildman–Crippen MR) is 68.5 cm³/mol. The molecule has 0 bridgehead atoms. The van der Waals surface area contributed by atoms with Gasteiger partial charge in [-0.25, -0.2) is 4.79 Å². The van der Waals surface area contributed by atoms with Gasteiger partial charge < -0.3 is 10.1 Å². The fraction of sp³-hybridized carbons (Fsp3) is 0.500. The van der Waals surface area contributed by atoms with Crippen LogP contribution in [-0.2, 0) is 17.5 Å². The van der Waals surface area contributed by atoms with E-state index in [9.17, 15) is 18.0 Å². The van der Waals surface area contributed by atoms with E-state index in [-0.39, 0.29) is 24.3 Å². The number of halogens is 3. The summed E-state index contributed by atoms with van der Waals surface area (Å²) in [5.41, 5.74) is -0.613. The summed E-state index contributed by atoms with van der Waals surface area (Å²) in [7, 11) is 0. The van der Waals surface area contributed by atoms with Gasteiger partial charge in [0.2, 0.25) is 0 Å². The average molecular weight is 300 g/mol. The first-order chi connectivity index (χ1) is 9.97. The first-order valence-electron chi connectivity index (χ1n) is 6.80. The van der Waals surface area contributed by atoms with Crippen LogP contribution < -0.4 is 5.32 Å². The van der Waals surface area contributed by atoms with Crippen LogP contribution in [0.3, 0.4) is 0 Å². The first-order valence-corrected chi connectivity index (χ1v) is 6.80. The standard InChI is InChI=1S/C14H15F3N2O2/c15-14(16,17)10-4-2-1-3-9(10)8-19-11-7-18-6-5-12(11)21-13(19)20/h1-4,11-12,18H,5-8H2. The molecule has 0 radical (unpaired) electrons. The van der Waals surface area contributed by atoms with Crippen LogP contribution in [0.25, 0.3) is 0 Å². The van der Waals surface area contributed by atoms with Gasteiger partial charge in [-0.05, 0) is 24.6 Å². The molecule has 114 valence electrons. The maximum Gasteiger partial charge on any atom is 0.416 e. The number of amides is 1. The van der Waals surface area contributed by atoms with Gasteiger partial charge in [-0.3, -0.25) is 4.90 Å². The monoisotopic (exact) mass is 300 g/mol. The van der Waals surface area contributed by atoms with Crippen molar-refractivity contribution in [1.82, 2.24) is 10.2 Å². The molecular formula is C14H15F3N2O2. The van der Waals surface area contributed by atoms with E-state index in [1.54, 1.807) is 6.07 Å². The van der Waals surface area contributed by atoms with Gasteiger partial charge in [-0.15, -0.1) is 0 Å². The Morgan fingerprint density at radius 2 is 2.10 bits per heavy atom. The van der Waals surface area contributed by atoms with Crippen molar-refractivity contribution in [2.24, 2.45) is 0 Å². The second-order valence-corrected chi connectivity index (χ2v) is 5.27. The summed E-state index contributed by atoms with van der Waals surface area (Å²) in [5.74, 6) is 0. The van der Waals surface area contributed by atoms with Crippen molar-refractivity contribution >= 4 is 6.09 Å². The number of carbonyl (C=O) groups excluding carboxylic acids is 1. The summed E-state index contributed by atoms with van der Waals surface area (Å²) in [6, 6.07) is 5.13. The molecule has 2 aliphatic heterocycles. The molecule has 3 rings (SSSR count). The maximum atomic E-state index is 13.0. The molecule has 2 fully saturated rings. The van der Waals surface area contributed by atoms with Gasteiger partial charge in [0, 0.05) is 6.54 Å². The van der Waals surface area contributed by atoms with Crippen molar-refractivity contribution in [2.45, 2.75) is 31.3 Å². The highest BCUT2D eigenvalue weighted by Crippen LogP contribution is 2.34. The third-order valence-corrected chi connectivity index (χ3v) is 3.94. The molecule has 2 unspecified atom stereocenters. The highest BCUT2D eigenvalue weighted by atomic mass is 19.4. The molecule has 0 aromatic heterocycles. The lowest BCUT2D eigenvalue weighted by Gasteiger charge is -2.29. The van der Waals surface area contributed by atoms with Crippen molar-refractivity contribution in [1.29, 1.82) is 0 Å². The third kappa shape index (κ3) is 2.70. The van der Waals surface area contributed by atoms with Crippen LogP contribution in [0.2, 0.25) is 0 Å². The zero-order chi connectivity index (χ0) is 15.0. The molecule has 2 saturated heterocycles. The number of rotatable bonds is 2. The molecule has 1 aromatic rings. The topological polar surface area (TPSA) is 41.6 Å². The average Bonchev–Trinajstić information content (AvgIpc) is 2.75. The lowest BCUT2D eigenvalue weighted by Crippen LogP contribution is -2.48. The molecule has 21 heavy (non-hydrogen) atoms. The molecule has 0 spiro atoms. The van der Waals surface area contributed by atoms with Crippen molar-refractivity contribution in [3.05, 3.63) is 35.4 Å². The quantitative estimate of drug-likeness (QED) is 0.912. The summed E-state index contributed by atoms with van der Waals surface area (Å²) in [5, 5.41) is 3.14. The minimum absolute atomic E-state index is 0.0859. The zero-order valence-electron chi connectivity index (χ0n) is 11.2. The van der Waals surface area contributed by atoms with Crippen LogP contribution in [0.15, 0.2) is 24.3 Å². The van der Waals surface area contributed by atoms with E-state index < -0.39 is 17.8 Å². The number of fused-ring (bicyclic) bond motifs is 1. The van der Waals surface area contributed by atoms with Crippen molar-refractivity contribution in [2.75, 3.05) is 13.1 Å². The highest BCUT2D eigenvalue weighted by Gasteiger charge is 2.43. The number of ether oxygens (including phenoxy) is 1. The molecule has 1 amide bonds. The Morgan fingerprint density at radius 1 is 1.33 bits per heavy atom. The van der Waals surface area contributed by atoms with Gasteiger partial charge in [0.25, 0.3) is 0 Å². The van der Waals surface area contributed by atoms with Crippen molar-refractivity contribution in [3.8, 4) is 0 Å². The number of piperidine rings is 1. The lowest BCUT2D eigenvalue weighted by atomic mass is 10.0. The Balaban J connectivity index is 1.85. The van der Waals surface area contributed by atoms with E-state index in [1.165, 1.54) is 17.0 Å². The minimum Gasteiger partial charge on any atom is -0.444 e. The Kier molecular flexibility index (Phi) is 3.52. The van der Waals surface area contributed by atoms with Crippen LogP contribution in [0.1, 0.15) is 17.5 Å². The molecular weight excluding hydrogens is 285 g/mol. The molecule has 0 aliphatic carbocycles. The largest absolute Gasteiger partial charge is 0.444 e. The van der Waals surface area contributed by atoms with Gasteiger partial charge in [0.15, 0.2) is 0 Å². The minimum atomic E-state index is -4.43. The number of alkyl halides is 3. The number of benzene rings is 1. The SMILES string of the molecule is O=C1OC2CCNCC2N1Cc1ccccc1C(F)(F)F. The fourth-order valence-corrected chi connectivity index (χ4v) is 2.90. The summed E-state index contributed by atoms with van der Waals surface area (Å²) >= 11 is 0. The van der Waals surface area contributed by atoms with E-state index in [4.69, 9.17) is 4.74 Å².